The van der Waals surface area contributed by atoms with Gasteiger partial charge in [0.05, 0.1) is 6.04 Å². The van der Waals surface area contributed by atoms with E-state index in [1.165, 1.54) is 0 Å². The molecule has 0 bridgehead atoms. The van der Waals surface area contributed by atoms with Crippen LogP contribution in [0, 0.1) is 5.92 Å². The highest BCUT2D eigenvalue weighted by atomic mass is 16.3. The molecule has 2 unspecified atom stereocenters. The maximum absolute atomic E-state index is 11.7. The zero-order valence-electron chi connectivity index (χ0n) is 10.7. The molecular weight excluding hydrogens is 218 g/mol. The standard InChI is InChI=1S/C12H25N3O2/c1-2-4-11(12(17)14-13)15-7-3-5-10(9-15)6-8-16/h10-11,16H,2-9,13H2,1H3,(H,14,17). The van der Waals surface area contributed by atoms with Crippen LogP contribution < -0.4 is 11.3 Å². The predicted molar refractivity (Wildman–Crippen MR) is 67.0 cm³/mol. The van der Waals surface area contributed by atoms with Crippen molar-refractivity contribution < 1.29 is 9.90 Å². The Kier molecular flexibility index (Phi) is 6.47. The second kappa shape index (κ2) is 7.63. The van der Waals surface area contributed by atoms with Gasteiger partial charge in [0.15, 0.2) is 0 Å². The summed E-state index contributed by atoms with van der Waals surface area (Å²) in [5.41, 5.74) is 2.26. The molecule has 1 fully saturated rings. The van der Waals surface area contributed by atoms with Gasteiger partial charge in [0, 0.05) is 13.2 Å². The first-order chi connectivity index (χ1) is 8.22. The van der Waals surface area contributed by atoms with Crippen LogP contribution in [0.5, 0.6) is 0 Å². The summed E-state index contributed by atoms with van der Waals surface area (Å²) in [6, 6.07) is -0.105. The van der Waals surface area contributed by atoms with E-state index in [2.05, 4.69) is 17.2 Å². The smallest absolute Gasteiger partial charge is 0.251 e. The summed E-state index contributed by atoms with van der Waals surface area (Å²) in [4.78, 5) is 14.0. The summed E-state index contributed by atoms with van der Waals surface area (Å²) in [6.45, 7) is 4.17. The Hall–Kier alpha value is -0.650. The molecule has 4 N–H and O–H groups in total. The summed E-state index contributed by atoms with van der Waals surface area (Å²) >= 11 is 0. The van der Waals surface area contributed by atoms with Crippen molar-refractivity contribution >= 4 is 5.91 Å². The number of aliphatic hydroxyl groups excluding tert-OH is 1. The van der Waals surface area contributed by atoms with Gasteiger partial charge in [-0.1, -0.05) is 13.3 Å². The molecule has 0 aromatic rings. The van der Waals surface area contributed by atoms with Crippen molar-refractivity contribution in [1.29, 1.82) is 0 Å². The van der Waals surface area contributed by atoms with Crippen LogP contribution in [0.2, 0.25) is 0 Å². The maximum atomic E-state index is 11.7. The van der Waals surface area contributed by atoms with Gasteiger partial charge in [-0.2, -0.15) is 0 Å². The zero-order valence-corrected chi connectivity index (χ0v) is 10.7. The van der Waals surface area contributed by atoms with Crippen molar-refractivity contribution in [1.82, 2.24) is 10.3 Å². The molecule has 100 valence electrons. The van der Waals surface area contributed by atoms with Gasteiger partial charge in [-0.15, -0.1) is 0 Å². The lowest BCUT2D eigenvalue weighted by Gasteiger charge is -2.37. The van der Waals surface area contributed by atoms with E-state index in [0.717, 1.165) is 45.2 Å². The summed E-state index contributed by atoms with van der Waals surface area (Å²) < 4.78 is 0. The number of hydrazine groups is 1. The Bertz CT molecular complexity index is 234. The Morgan fingerprint density at radius 2 is 2.41 bits per heavy atom. The molecular formula is C12H25N3O2. The van der Waals surface area contributed by atoms with E-state index < -0.39 is 0 Å². The van der Waals surface area contributed by atoms with Crippen LogP contribution in [0.3, 0.4) is 0 Å². The SMILES string of the molecule is CCCC(C(=O)NN)N1CCCC(CCO)C1. The lowest BCUT2D eigenvalue weighted by atomic mass is 9.93. The number of carbonyl (C=O) groups is 1. The van der Waals surface area contributed by atoms with Crippen molar-refractivity contribution in [2.75, 3.05) is 19.7 Å². The molecule has 0 saturated carbocycles. The fourth-order valence-electron chi connectivity index (χ4n) is 2.65. The predicted octanol–water partition coefficient (Wildman–Crippen LogP) is 0.239. The van der Waals surface area contributed by atoms with Gasteiger partial charge < -0.3 is 5.11 Å². The Morgan fingerprint density at radius 1 is 1.65 bits per heavy atom. The average molecular weight is 243 g/mol. The molecule has 1 rings (SSSR count). The molecule has 0 radical (unpaired) electrons. The third-order valence-electron chi connectivity index (χ3n) is 3.54. The number of nitrogens with zero attached hydrogens (tertiary/aromatic N) is 1. The molecule has 17 heavy (non-hydrogen) atoms. The number of nitrogens with one attached hydrogen (secondary N) is 1. The number of hydrogen-bond acceptors (Lipinski definition) is 4. The minimum absolute atomic E-state index is 0.0866. The van der Waals surface area contributed by atoms with Gasteiger partial charge in [0.2, 0.25) is 0 Å². The molecule has 1 aliphatic heterocycles. The second-order valence-corrected chi connectivity index (χ2v) is 4.83. The molecule has 1 aliphatic rings. The molecule has 5 nitrogen and oxygen atoms in total. The molecule has 2 atom stereocenters. The van der Waals surface area contributed by atoms with Crippen LogP contribution in [-0.4, -0.2) is 41.7 Å². The number of carbonyl (C=O) groups excluding carboxylic acids is 1. The molecule has 0 aliphatic carbocycles. The number of hydrogen-bond donors (Lipinski definition) is 3. The van der Waals surface area contributed by atoms with Crippen LogP contribution in [0.25, 0.3) is 0 Å². The summed E-state index contributed by atoms with van der Waals surface area (Å²) in [5.74, 6) is 5.66. The highest BCUT2D eigenvalue weighted by Crippen LogP contribution is 2.22. The Labute approximate surface area is 103 Å². The van der Waals surface area contributed by atoms with E-state index in [1.54, 1.807) is 0 Å². The Balaban J connectivity index is 2.56. The third-order valence-corrected chi connectivity index (χ3v) is 3.54. The van der Waals surface area contributed by atoms with Crippen LogP contribution in [-0.2, 0) is 4.79 Å². The number of aliphatic hydroxyl groups is 1. The van der Waals surface area contributed by atoms with E-state index in [-0.39, 0.29) is 18.6 Å². The molecule has 1 amide bonds. The first-order valence-electron chi connectivity index (χ1n) is 6.58. The van der Waals surface area contributed by atoms with Gasteiger partial charge in [-0.25, -0.2) is 5.84 Å². The number of amides is 1. The number of piperidine rings is 1. The van der Waals surface area contributed by atoms with E-state index in [9.17, 15) is 4.79 Å². The maximum Gasteiger partial charge on any atom is 0.251 e. The van der Waals surface area contributed by atoms with Crippen molar-refractivity contribution in [3.05, 3.63) is 0 Å². The van der Waals surface area contributed by atoms with E-state index in [0.29, 0.717) is 5.92 Å². The largest absolute Gasteiger partial charge is 0.396 e. The van der Waals surface area contributed by atoms with Crippen LogP contribution in [0.15, 0.2) is 0 Å². The monoisotopic (exact) mass is 243 g/mol. The first-order valence-corrected chi connectivity index (χ1v) is 6.58. The van der Waals surface area contributed by atoms with E-state index in [1.807, 2.05) is 0 Å². The molecule has 1 saturated heterocycles. The molecule has 1 heterocycles. The topological polar surface area (TPSA) is 78.6 Å². The van der Waals surface area contributed by atoms with Gasteiger partial charge in [-0.05, 0) is 38.1 Å². The number of likely N-dealkylation sites (tertiary alicyclic amines) is 1. The molecule has 5 heteroatoms. The van der Waals surface area contributed by atoms with Crippen molar-refractivity contribution in [3.8, 4) is 0 Å². The Morgan fingerprint density at radius 3 is 3.00 bits per heavy atom. The second-order valence-electron chi connectivity index (χ2n) is 4.83. The lowest BCUT2D eigenvalue weighted by Crippen LogP contribution is -2.52. The fourth-order valence-corrected chi connectivity index (χ4v) is 2.65. The molecule has 0 spiro atoms. The van der Waals surface area contributed by atoms with Crippen LogP contribution in [0.1, 0.15) is 39.0 Å². The summed E-state index contributed by atoms with van der Waals surface area (Å²) in [7, 11) is 0. The first kappa shape index (κ1) is 14.4. The normalized spacial score (nSPS) is 23.4. The van der Waals surface area contributed by atoms with Gasteiger partial charge >= 0.3 is 0 Å². The molecule has 0 aromatic carbocycles. The van der Waals surface area contributed by atoms with Gasteiger partial charge in [0.25, 0.3) is 5.91 Å². The van der Waals surface area contributed by atoms with Gasteiger partial charge in [0.1, 0.15) is 0 Å². The van der Waals surface area contributed by atoms with Crippen LogP contribution in [0.4, 0.5) is 0 Å². The fraction of sp³-hybridized carbons (Fsp3) is 0.917. The van der Waals surface area contributed by atoms with Crippen molar-refractivity contribution in [2.45, 2.75) is 45.1 Å². The van der Waals surface area contributed by atoms with Crippen molar-refractivity contribution in [2.24, 2.45) is 11.8 Å². The summed E-state index contributed by atoms with van der Waals surface area (Å²) in [6.07, 6.45) is 4.90. The van der Waals surface area contributed by atoms with Gasteiger partial charge in [-0.3, -0.25) is 15.1 Å². The minimum atomic E-state index is -0.105. The quantitative estimate of drug-likeness (QED) is 0.355. The minimum Gasteiger partial charge on any atom is -0.396 e. The molecule has 0 aromatic heterocycles. The zero-order chi connectivity index (χ0) is 12.7. The number of rotatable bonds is 6. The summed E-state index contributed by atoms with van der Waals surface area (Å²) in [5, 5.41) is 8.98. The lowest BCUT2D eigenvalue weighted by molar-refractivity contribution is -0.127. The number of nitrogens with two attached hydrogens (primary N) is 1. The van der Waals surface area contributed by atoms with Crippen molar-refractivity contribution in [3.63, 3.8) is 0 Å². The van der Waals surface area contributed by atoms with E-state index in [4.69, 9.17) is 10.9 Å². The average Bonchev–Trinajstić information content (AvgIpc) is 2.36. The third kappa shape index (κ3) is 4.26. The van der Waals surface area contributed by atoms with E-state index >= 15 is 0 Å². The van der Waals surface area contributed by atoms with Crippen LogP contribution >= 0.6 is 0 Å². The highest BCUT2D eigenvalue weighted by molar-refractivity contribution is 5.81. The highest BCUT2D eigenvalue weighted by Gasteiger charge is 2.29.